The number of rotatable bonds is 2. The molecule has 0 bridgehead atoms. The Morgan fingerprint density at radius 3 is 2.94 bits per heavy atom. The minimum Gasteiger partial charge on any atom is -0.388 e. The van der Waals surface area contributed by atoms with Gasteiger partial charge < -0.3 is 9.67 Å². The maximum Gasteiger partial charge on any atom is 0.158 e. The molecule has 1 atom stereocenters. The van der Waals surface area contributed by atoms with Crippen LogP contribution in [0, 0.1) is 0 Å². The molecule has 1 aliphatic carbocycles. The Kier molecular flexibility index (Phi) is 2.88. The smallest absolute Gasteiger partial charge is 0.158 e. The van der Waals surface area contributed by atoms with E-state index in [0.717, 1.165) is 18.7 Å². The lowest BCUT2D eigenvalue weighted by Gasteiger charge is -2.24. The molecule has 0 saturated carbocycles. The molecule has 0 radical (unpaired) electrons. The fourth-order valence-corrected chi connectivity index (χ4v) is 2.84. The molecular weight excluding hydrogens is 226 g/mol. The second-order valence-electron chi connectivity index (χ2n) is 4.84. The largest absolute Gasteiger partial charge is 0.388 e. The van der Waals surface area contributed by atoms with E-state index in [9.17, 15) is 5.11 Å². The lowest BCUT2D eigenvalue weighted by molar-refractivity contribution is 0.266. The molecule has 1 heterocycles. The van der Waals surface area contributed by atoms with Crippen LogP contribution in [0.2, 0.25) is 0 Å². The second-order valence-corrected chi connectivity index (χ2v) is 4.84. The lowest BCUT2D eigenvalue weighted by Crippen LogP contribution is -2.15. The van der Waals surface area contributed by atoms with Crippen LogP contribution >= 0.6 is 0 Å². The van der Waals surface area contributed by atoms with E-state index < -0.39 is 0 Å². The Morgan fingerprint density at radius 1 is 1.33 bits per heavy atom. The topological polar surface area (TPSA) is 50.9 Å². The number of fused-ring (bicyclic) bond motifs is 1. The molecule has 3 rings (SSSR count). The first-order chi connectivity index (χ1) is 8.81. The third-order valence-electron chi connectivity index (χ3n) is 3.82. The molecule has 1 aromatic heterocycles. The van der Waals surface area contributed by atoms with Crippen molar-refractivity contribution in [1.82, 2.24) is 14.8 Å². The summed E-state index contributed by atoms with van der Waals surface area (Å²) in [6, 6.07) is 8.56. The normalized spacial score (nSPS) is 18.7. The monoisotopic (exact) mass is 243 g/mol. The van der Waals surface area contributed by atoms with E-state index in [0.29, 0.717) is 11.7 Å². The van der Waals surface area contributed by atoms with Crippen LogP contribution < -0.4 is 0 Å². The van der Waals surface area contributed by atoms with E-state index in [1.165, 1.54) is 17.5 Å². The van der Waals surface area contributed by atoms with Crippen LogP contribution in [0.5, 0.6) is 0 Å². The maximum absolute atomic E-state index is 9.20. The summed E-state index contributed by atoms with van der Waals surface area (Å²) < 4.78 is 1.92. The van der Waals surface area contributed by atoms with Crippen molar-refractivity contribution in [1.29, 1.82) is 0 Å². The molecular formula is C14H17N3O. The van der Waals surface area contributed by atoms with Gasteiger partial charge in [0.15, 0.2) is 5.82 Å². The van der Waals surface area contributed by atoms with E-state index in [2.05, 4.69) is 34.5 Å². The highest BCUT2D eigenvalue weighted by Crippen LogP contribution is 2.35. The summed E-state index contributed by atoms with van der Waals surface area (Å²) in [5.74, 6) is 1.91. The number of benzene rings is 1. The SMILES string of the molecule is Cn1c(CO)nnc1C1CCCc2ccccc21. The molecule has 4 nitrogen and oxygen atoms in total. The van der Waals surface area contributed by atoms with Crippen molar-refractivity contribution in [3.05, 3.63) is 47.0 Å². The van der Waals surface area contributed by atoms with Gasteiger partial charge in [-0.2, -0.15) is 0 Å². The van der Waals surface area contributed by atoms with Crippen molar-refractivity contribution in [2.75, 3.05) is 0 Å². The van der Waals surface area contributed by atoms with Gasteiger partial charge in [-0.25, -0.2) is 0 Å². The first-order valence-corrected chi connectivity index (χ1v) is 6.38. The van der Waals surface area contributed by atoms with Crippen LogP contribution in [0.25, 0.3) is 0 Å². The van der Waals surface area contributed by atoms with Gasteiger partial charge in [0, 0.05) is 13.0 Å². The van der Waals surface area contributed by atoms with Crippen molar-refractivity contribution >= 4 is 0 Å². The van der Waals surface area contributed by atoms with Gasteiger partial charge in [-0.15, -0.1) is 10.2 Å². The Morgan fingerprint density at radius 2 is 2.17 bits per heavy atom. The number of nitrogens with zero attached hydrogens (tertiary/aromatic N) is 3. The van der Waals surface area contributed by atoms with Crippen LogP contribution in [-0.4, -0.2) is 19.9 Å². The minimum absolute atomic E-state index is 0.0577. The van der Waals surface area contributed by atoms with Crippen molar-refractivity contribution in [3.63, 3.8) is 0 Å². The predicted molar refractivity (Wildman–Crippen MR) is 68.1 cm³/mol. The molecule has 1 N–H and O–H groups in total. The van der Waals surface area contributed by atoms with Gasteiger partial charge in [-0.3, -0.25) is 0 Å². The quantitative estimate of drug-likeness (QED) is 0.874. The number of aromatic nitrogens is 3. The van der Waals surface area contributed by atoms with Crippen molar-refractivity contribution < 1.29 is 5.11 Å². The Bertz CT molecular complexity index is 562. The third-order valence-corrected chi connectivity index (χ3v) is 3.82. The van der Waals surface area contributed by atoms with Crippen LogP contribution in [0.4, 0.5) is 0 Å². The van der Waals surface area contributed by atoms with Crippen LogP contribution in [-0.2, 0) is 20.1 Å². The molecule has 1 unspecified atom stereocenters. The zero-order valence-electron chi connectivity index (χ0n) is 10.5. The van der Waals surface area contributed by atoms with E-state index in [1.54, 1.807) is 0 Å². The maximum atomic E-state index is 9.20. The number of aryl methyl sites for hydroxylation is 1. The summed E-state index contributed by atoms with van der Waals surface area (Å²) in [5, 5.41) is 17.5. The third kappa shape index (κ3) is 1.73. The molecule has 0 spiro atoms. The summed E-state index contributed by atoms with van der Waals surface area (Å²) in [5.41, 5.74) is 2.78. The highest BCUT2D eigenvalue weighted by atomic mass is 16.3. The van der Waals surface area contributed by atoms with Crippen molar-refractivity contribution in [3.8, 4) is 0 Å². The number of hydrogen-bond donors (Lipinski definition) is 1. The highest BCUT2D eigenvalue weighted by Gasteiger charge is 2.25. The average molecular weight is 243 g/mol. The summed E-state index contributed by atoms with van der Waals surface area (Å²) in [7, 11) is 1.93. The fraction of sp³-hybridized carbons (Fsp3) is 0.429. The summed E-state index contributed by atoms with van der Waals surface area (Å²) in [6.45, 7) is -0.0577. The molecule has 1 aliphatic rings. The highest BCUT2D eigenvalue weighted by molar-refractivity contribution is 5.36. The summed E-state index contributed by atoms with van der Waals surface area (Å²) in [4.78, 5) is 0. The van der Waals surface area contributed by atoms with E-state index in [-0.39, 0.29) is 6.61 Å². The van der Waals surface area contributed by atoms with E-state index in [1.807, 2.05) is 11.6 Å². The van der Waals surface area contributed by atoms with Crippen molar-refractivity contribution in [2.24, 2.45) is 7.05 Å². The Hall–Kier alpha value is -1.68. The molecule has 4 heteroatoms. The molecule has 2 aromatic rings. The van der Waals surface area contributed by atoms with Crippen LogP contribution in [0.15, 0.2) is 24.3 Å². The number of hydrogen-bond acceptors (Lipinski definition) is 3. The van der Waals surface area contributed by atoms with Gasteiger partial charge >= 0.3 is 0 Å². The zero-order valence-corrected chi connectivity index (χ0v) is 10.5. The van der Waals surface area contributed by atoms with Gasteiger partial charge in [0.25, 0.3) is 0 Å². The standard InChI is InChI=1S/C14H17N3O/c1-17-13(9-18)15-16-14(17)12-8-4-6-10-5-2-3-7-11(10)12/h2-3,5,7,12,18H,4,6,8-9H2,1H3. The second kappa shape index (κ2) is 4.53. The molecule has 1 aromatic carbocycles. The predicted octanol–water partition coefficient (Wildman–Crippen LogP) is 1.78. The number of aliphatic hydroxyl groups excluding tert-OH is 1. The molecule has 0 fully saturated rings. The van der Waals surface area contributed by atoms with Crippen molar-refractivity contribution in [2.45, 2.75) is 31.8 Å². The molecule has 0 amide bonds. The zero-order chi connectivity index (χ0) is 12.5. The van der Waals surface area contributed by atoms with E-state index >= 15 is 0 Å². The van der Waals surface area contributed by atoms with E-state index in [4.69, 9.17) is 0 Å². The summed E-state index contributed by atoms with van der Waals surface area (Å²) >= 11 is 0. The Labute approximate surface area is 106 Å². The van der Waals surface area contributed by atoms with Gasteiger partial charge in [0.05, 0.1) is 0 Å². The molecule has 94 valence electrons. The van der Waals surface area contributed by atoms with Gasteiger partial charge in [-0.1, -0.05) is 24.3 Å². The molecule has 0 saturated heterocycles. The first-order valence-electron chi connectivity index (χ1n) is 6.38. The minimum atomic E-state index is -0.0577. The lowest BCUT2D eigenvalue weighted by atomic mass is 9.82. The molecule has 0 aliphatic heterocycles. The fourth-order valence-electron chi connectivity index (χ4n) is 2.84. The first kappa shape index (κ1) is 11.4. The van der Waals surface area contributed by atoms with Crippen LogP contribution in [0.1, 0.15) is 41.5 Å². The number of aliphatic hydroxyl groups is 1. The van der Waals surface area contributed by atoms with Gasteiger partial charge in [0.1, 0.15) is 12.4 Å². The summed E-state index contributed by atoms with van der Waals surface area (Å²) in [6.07, 6.45) is 3.44. The van der Waals surface area contributed by atoms with Gasteiger partial charge in [-0.05, 0) is 30.4 Å². The Balaban J connectivity index is 2.05. The molecule has 18 heavy (non-hydrogen) atoms. The van der Waals surface area contributed by atoms with Crippen LogP contribution in [0.3, 0.4) is 0 Å². The average Bonchev–Trinajstić information content (AvgIpc) is 2.79. The van der Waals surface area contributed by atoms with Gasteiger partial charge in [0.2, 0.25) is 0 Å².